The predicted octanol–water partition coefficient (Wildman–Crippen LogP) is 2.58. The Morgan fingerprint density at radius 3 is 2.33 bits per heavy atom. The monoisotopic (exact) mass is 124 g/mol. The maximum absolute atomic E-state index is 8.24. The number of aliphatic hydroxyl groups excluding tert-OH is 1. The molecule has 0 bridgehead atoms. The normalized spacial score (nSPS) is 12.4. The van der Waals surface area contributed by atoms with Gasteiger partial charge < -0.3 is 5.11 Å². The second kappa shape index (κ2) is 3.96. The van der Waals surface area contributed by atoms with E-state index in [-0.39, 0.29) is 0 Å². The van der Waals surface area contributed by atoms with Crippen molar-refractivity contribution in [2.24, 2.45) is 0 Å². The number of rotatable bonds is 2. The van der Waals surface area contributed by atoms with Crippen LogP contribution in [0.2, 0.25) is 0 Å². The summed E-state index contributed by atoms with van der Waals surface area (Å²) in [5.41, 5.74) is 2.11. The first-order valence-electron chi connectivity index (χ1n) is 2.82. The molecule has 0 atom stereocenters. The lowest BCUT2D eigenvalue weighted by molar-refractivity contribution is 0.473. The van der Waals surface area contributed by atoms with Crippen LogP contribution in [-0.4, -0.2) is 5.11 Å². The summed E-state index contributed by atoms with van der Waals surface area (Å²) in [6.45, 7) is 7.60. The summed E-state index contributed by atoms with van der Waals surface area (Å²) in [5.74, 6) is 0. The molecule has 0 amide bonds. The molecule has 9 heavy (non-hydrogen) atoms. The van der Waals surface area contributed by atoms with Crippen molar-refractivity contribution in [2.75, 3.05) is 0 Å². The van der Waals surface area contributed by atoms with Gasteiger partial charge in [-0.25, -0.2) is 0 Å². The molecule has 0 aromatic carbocycles. The zero-order chi connectivity index (χ0) is 7.28. The molecule has 0 unspecified atom stereocenters. The van der Waals surface area contributed by atoms with Gasteiger partial charge in [0, 0.05) is 0 Å². The van der Waals surface area contributed by atoms with Crippen molar-refractivity contribution >= 4 is 0 Å². The van der Waals surface area contributed by atoms with Crippen molar-refractivity contribution < 1.29 is 5.11 Å². The van der Waals surface area contributed by atoms with Crippen LogP contribution in [0.5, 0.6) is 0 Å². The van der Waals surface area contributed by atoms with Crippen LogP contribution in [0.25, 0.3) is 0 Å². The fraction of sp³-hybridized carbons (Fsp3) is 0.250. The third-order valence-corrected chi connectivity index (χ3v) is 1.11. The zero-order valence-corrected chi connectivity index (χ0v) is 5.89. The SMILES string of the molecule is C=C(C)/C(C)=C\C=C\O. The van der Waals surface area contributed by atoms with E-state index in [0.29, 0.717) is 0 Å². The van der Waals surface area contributed by atoms with Gasteiger partial charge in [-0.2, -0.15) is 0 Å². The van der Waals surface area contributed by atoms with E-state index in [1.54, 1.807) is 6.08 Å². The average molecular weight is 124 g/mol. The highest BCUT2D eigenvalue weighted by Crippen LogP contribution is 2.03. The Balaban J connectivity index is 4.00. The van der Waals surface area contributed by atoms with Crippen LogP contribution in [0.4, 0.5) is 0 Å². The number of allylic oxidation sites excluding steroid dienone is 4. The van der Waals surface area contributed by atoms with Crippen LogP contribution in [0, 0.1) is 0 Å². The molecule has 0 aromatic heterocycles. The highest BCUT2D eigenvalue weighted by atomic mass is 16.2. The van der Waals surface area contributed by atoms with Gasteiger partial charge in [-0.15, -0.1) is 0 Å². The van der Waals surface area contributed by atoms with Crippen molar-refractivity contribution in [1.82, 2.24) is 0 Å². The standard InChI is InChI=1S/C8H12O/c1-7(2)8(3)5-4-6-9/h4-6,9H,1H2,2-3H3/b6-4+,8-5-. The quantitative estimate of drug-likeness (QED) is 0.443. The van der Waals surface area contributed by atoms with Crippen LogP contribution >= 0.6 is 0 Å². The second-order valence-electron chi connectivity index (χ2n) is 1.97. The molecule has 0 fully saturated rings. The predicted molar refractivity (Wildman–Crippen MR) is 40.3 cm³/mol. The van der Waals surface area contributed by atoms with E-state index in [2.05, 4.69) is 6.58 Å². The van der Waals surface area contributed by atoms with Gasteiger partial charge in [0.05, 0.1) is 6.26 Å². The van der Waals surface area contributed by atoms with E-state index in [0.717, 1.165) is 17.4 Å². The number of hydrogen-bond donors (Lipinski definition) is 1. The van der Waals surface area contributed by atoms with E-state index in [9.17, 15) is 0 Å². The first kappa shape index (κ1) is 8.02. The summed E-state index contributed by atoms with van der Waals surface area (Å²) in [5, 5.41) is 8.24. The van der Waals surface area contributed by atoms with Crippen molar-refractivity contribution in [3.05, 3.63) is 36.1 Å². The lowest BCUT2D eigenvalue weighted by Gasteiger charge is -1.93. The van der Waals surface area contributed by atoms with Gasteiger partial charge >= 0.3 is 0 Å². The molecule has 0 aromatic rings. The van der Waals surface area contributed by atoms with Gasteiger partial charge in [-0.3, -0.25) is 0 Å². The van der Waals surface area contributed by atoms with E-state index in [1.165, 1.54) is 0 Å². The van der Waals surface area contributed by atoms with E-state index in [4.69, 9.17) is 5.11 Å². The minimum Gasteiger partial charge on any atom is -0.516 e. The minimum atomic E-state index is 1.01. The number of hydrogen-bond acceptors (Lipinski definition) is 1. The second-order valence-corrected chi connectivity index (χ2v) is 1.97. The molecule has 0 spiro atoms. The van der Waals surface area contributed by atoms with Gasteiger partial charge in [0.2, 0.25) is 0 Å². The maximum atomic E-state index is 8.24. The summed E-state index contributed by atoms with van der Waals surface area (Å²) in [6, 6.07) is 0. The van der Waals surface area contributed by atoms with Crippen molar-refractivity contribution in [3.8, 4) is 0 Å². The molecular weight excluding hydrogens is 112 g/mol. The first-order valence-corrected chi connectivity index (χ1v) is 2.82. The first-order chi connectivity index (χ1) is 4.18. The molecule has 0 radical (unpaired) electrons. The van der Waals surface area contributed by atoms with E-state index in [1.807, 2.05) is 19.9 Å². The largest absolute Gasteiger partial charge is 0.516 e. The Morgan fingerprint density at radius 1 is 1.44 bits per heavy atom. The van der Waals surface area contributed by atoms with Crippen LogP contribution in [-0.2, 0) is 0 Å². The van der Waals surface area contributed by atoms with Crippen molar-refractivity contribution in [3.63, 3.8) is 0 Å². The fourth-order valence-corrected chi connectivity index (χ4v) is 0.330. The summed E-state index contributed by atoms with van der Waals surface area (Å²) in [7, 11) is 0. The smallest absolute Gasteiger partial charge is 0.0791 e. The van der Waals surface area contributed by atoms with Crippen LogP contribution in [0.3, 0.4) is 0 Å². The Morgan fingerprint density at radius 2 is 2.00 bits per heavy atom. The van der Waals surface area contributed by atoms with Crippen LogP contribution in [0.1, 0.15) is 13.8 Å². The molecule has 0 saturated heterocycles. The summed E-state index contributed by atoms with van der Waals surface area (Å²) in [6.07, 6.45) is 4.39. The summed E-state index contributed by atoms with van der Waals surface area (Å²) >= 11 is 0. The molecule has 1 nitrogen and oxygen atoms in total. The maximum Gasteiger partial charge on any atom is 0.0791 e. The lowest BCUT2D eigenvalue weighted by Crippen LogP contribution is -1.72. The van der Waals surface area contributed by atoms with Crippen LogP contribution in [0.15, 0.2) is 36.1 Å². The fourth-order valence-electron chi connectivity index (χ4n) is 0.330. The Kier molecular flexibility index (Phi) is 3.52. The Labute approximate surface area is 56.0 Å². The minimum absolute atomic E-state index is 1.01. The highest BCUT2D eigenvalue weighted by molar-refractivity contribution is 5.27. The van der Waals surface area contributed by atoms with Gasteiger partial charge in [-0.1, -0.05) is 18.2 Å². The Bertz CT molecular complexity index is 152. The molecule has 1 heteroatoms. The van der Waals surface area contributed by atoms with Crippen LogP contribution < -0.4 is 0 Å². The highest BCUT2D eigenvalue weighted by Gasteiger charge is 1.83. The zero-order valence-electron chi connectivity index (χ0n) is 5.89. The number of aliphatic hydroxyl groups is 1. The van der Waals surface area contributed by atoms with Gasteiger partial charge in [0.25, 0.3) is 0 Å². The van der Waals surface area contributed by atoms with Gasteiger partial charge in [-0.05, 0) is 25.5 Å². The lowest BCUT2D eigenvalue weighted by atomic mass is 10.1. The summed E-state index contributed by atoms with van der Waals surface area (Å²) in [4.78, 5) is 0. The third kappa shape index (κ3) is 3.59. The molecule has 50 valence electrons. The van der Waals surface area contributed by atoms with Gasteiger partial charge in [0.15, 0.2) is 0 Å². The molecule has 0 aliphatic carbocycles. The van der Waals surface area contributed by atoms with Crippen molar-refractivity contribution in [2.45, 2.75) is 13.8 Å². The summed E-state index contributed by atoms with van der Waals surface area (Å²) < 4.78 is 0. The molecular formula is C8H12O. The average Bonchev–Trinajstić information content (AvgIpc) is 1.82. The van der Waals surface area contributed by atoms with Crippen molar-refractivity contribution in [1.29, 1.82) is 0 Å². The molecule has 0 heterocycles. The van der Waals surface area contributed by atoms with Gasteiger partial charge in [0.1, 0.15) is 0 Å². The van der Waals surface area contributed by atoms with E-state index < -0.39 is 0 Å². The molecule has 0 aliphatic rings. The molecule has 0 aliphatic heterocycles. The van der Waals surface area contributed by atoms with E-state index >= 15 is 0 Å². The topological polar surface area (TPSA) is 20.2 Å². The Hall–Kier alpha value is -0.980. The molecule has 1 N–H and O–H groups in total. The molecule has 0 rings (SSSR count). The molecule has 0 saturated carbocycles. The third-order valence-electron chi connectivity index (χ3n) is 1.11.